The van der Waals surface area contributed by atoms with Crippen LogP contribution in [0.4, 0.5) is 0 Å². The number of rotatable bonds is 5. The average molecular weight is 353 g/mol. The van der Waals surface area contributed by atoms with Crippen LogP contribution in [0.1, 0.15) is 26.3 Å². The van der Waals surface area contributed by atoms with Gasteiger partial charge >= 0.3 is 0 Å². The van der Waals surface area contributed by atoms with E-state index in [1.807, 2.05) is 31.3 Å². The number of carbonyl (C=O) groups excluding carboxylic acids is 1. The van der Waals surface area contributed by atoms with Gasteiger partial charge in [-0.2, -0.15) is 0 Å². The van der Waals surface area contributed by atoms with E-state index in [2.05, 4.69) is 16.0 Å². The van der Waals surface area contributed by atoms with Crippen molar-refractivity contribution in [3.63, 3.8) is 0 Å². The minimum atomic E-state index is -1.92. The number of ketones is 1. The molecule has 3 aromatic rings. The molecule has 0 radical (unpaired) electrons. The molecule has 0 bridgehead atoms. The second kappa shape index (κ2) is 7.02. The third-order valence-electron chi connectivity index (χ3n) is 4.41. The van der Waals surface area contributed by atoms with Crippen LogP contribution in [0.5, 0.6) is 0 Å². The lowest BCUT2D eigenvalue weighted by atomic mass is 10.1. The summed E-state index contributed by atoms with van der Waals surface area (Å²) in [5.74, 6) is -0.425. The molecule has 0 spiro atoms. The van der Waals surface area contributed by atoms with Gasteiger partial charge < -0.3 is 0 Å². The molecule has 0 saturated carbocycles. The van der Waals surface area contributed by atoms with Crippen LogP contribution in [-0.2, 0) is 11.2 Å². The minimum absolute atomic E-state index is 0.00331. The van der Waals surface area contributed by atoms with Gasteiger partial charge in [-0.05, 0) is 55.9 Å². The Kier molecular flexibility index (Phi) is 3.96. The number of likely N-dealkylation sites (tertiary alicyclic amines) is 1. The Morgan fingerprint density at radius 2 is 2.04 bits per heavy atom. The number of thiazole rings is 1. The molecular formula is C20H21N3OS. The van der Waals surface area contributed by atoms with E-state index in [0.29, 0.717) is 18.8 Å². The van der Waals surface area contributed by atoms with E-state index in [0.717, 1.165) is 39.1 Å². The number of hydrogen-bond acceptors (Lipinski definition) is 5. The Bertz CT molecular complexity index is 996. The summed E-state index contributed by atoms with van der Waals surface area (Å²) in [5.41, 5.74) is 1.69. The number of nitrogens with zero attached hydrogens (tertiary/aromatic N) is 3. The van der Waals surface area contributed by atoms with Crippen LogP contribution in [0.3, 0.4) is 0 Å². The largest absolute Gasteiger partial charge is 0.298 e. The lowest BCUT2D eigenvalue weighted by Crippen LogP contribution is -2.27. The van der Waals surface area contributed by atoms with Gasteiger partial charge in [0.05, 0.1) is 25.5 Å². The van der Waals surface area contributed by atoms with Crippen molar-refractivity contribution in [3.8, 4) is 10.4 Å². The molecule has 0 N–H and O–H groups in total. The van der Waals surface area contributed by atoms with Gasteiger partial charge in [0.1, 0.15) is 0 Å². The highest BCUT2D eigenvalue weighted by atomic mass is 32.1. The maximum Gasteiger partial charge on any atom is 0.152 e. The monoisotopic (exact) mass is 353 g/mol. The summed E-state index contributed by atoms with van der Waals surface area (Å²) in [4.78, 5) is 24.0. The van der Waals surface area contributed by atoms with E-state index in [-0.39, 0.29) is 6.42 Å². The van der Waals surface area contributed by atoms with Gasteiger partial charge in [-0.1, -0.05) is 12.1 Å². The molecule has 1 aromatic carbocycles. The Labute approximate surface area is 154 Å². The van der Waals surface area contributed by atoms with Crippen molar-refractivity contribution in [1.29, 1.82) is 0 Å². The molecule has 0 atom stereocenters. The number of aryl methyl sites for hydroxylation is 1. The zero-order valence-corrected chi connectivity index (χ0v) is 15.0. The first kappa shape index (κ1) is 14.1. The molecule has 1 aliphatic rings. The fraction of sp³-hybridized carbons (Fsp3) is 0.350. The van der Waals surface area contributed by atoms with Gasteiger partial charge in [0, 0.05) is 23.5 Å². The zero-order valence-electron chi connectivity index (χ0n) is 16.2. The first-order valence-electron chi connectivity index (χ1n) is 9.53. The summed E-state index contributed by atoms with van der Waals surface area (Å²) in [5, 5.41) is 3.02. The van der Waals surface area contributed by atoms with E-state index in [1.54, 1.807) is 22.4 Å². The first-order chi connectivity index (χ1) is 12.9. The molecule has 1 saturated heterocycles. The zero-order chi connectivity index (χ0) is 19.0. The van der Waals surface area contributed by atoms with Crippen LogP contribution in [0.15, 0.2) is 36.7 Å². The SMILES string of the molecule is [2H]C([2H])(C(=O)Cc1cc2cc(-c3cnc(C)s3)ccc2cn1)N1CCCC1. The molecule has 3 heterocycles. The van der Waals surface area contributed by atoms with Crippen molar-refractivity contribution in [2.24, 2.45) is 0 Å². The van der Waals surface area contributed by atoms with Gasteiger partial charge in [0.25, 0.3) is 0 Å². The summed E-state index contributed by atoms with van der Waals surface area (Å²) in [6.45, 7) is 1.34. The summed E-state index contributed by atoms with van der Waals surface area (Å²) in [6, 6.07) is 8.04. The first-order valence-corrected chi connectivity index (χ1v) is 9.35. The van der Waals surface area contributed by atoms with Gasteiger partial charge in [-0.15, -0.1) is 11.3 Å². The second-order valence-corrected chi connectivity index (χ2v) is 7.62. The number of aromatic nitrogens is 2. The highest BCUT2D eigenvalue weighted by Crippen LogP contribution is 2.28. The quantitative estimate of drug-likeness (QED) is 0.698. The van der Waals surface area contributed by atoms with E-state index < -0.39 is 12.3 Å². The van der Waals surface area contributed by atoms with Crippen molar-refractivity contribution >= 4 is 27.9 Å². The number of hydrogen-bond donors (Lipinski definition) is 0. The third kappa shape index (κ3) is 3.78. The number of carbonyl (C=O) groups is 1. The van der Waals surface area contributed by atoms with Crippen molar-refractivity contribution in [2.75, 3.05) is 19.6 Å². The second-order valence-electron chi connectivity index (χ2n) is 6.39. The van der Waals surface area contributed by atoms with Crippen molar-refractivity contribution in [1.82, 2.24) is 14.9 Å². The molecule has 0 unspecified atom stereocenters. The molecule has 5 heteroatoms. The van der Waals surface area contributed by atoms with Gasteiger partial charge in [-0.3, -0.25) is 14.7 Å². The lowest BCUT2D eigenvalue weighted by Gasteiger charge is -2.13. The van der Waals surface area contributed by atoms with Gasteiger partial charge in [0.2, 0.25) is 0 Å². The fourth-order valence-electron chi connectivity index (χ4n) is 3.14. The lowest BCUT2D eigenvalue weighted by molar-refractivity contribution is -0.119. The van der Waals surface area contributed by atoms with Crippen LogP contribution in [0.25, 0.3) is 21.2 Å². The topological polar surface area (TPSA) is 46.1 Å². The predicted octanol–water partition coefficient (Wildman–Crippen LogP) is 3.87. The molecule has 4 nitrogen and oxygen atoms in total. The maximum atomic E-state index is 12.6. The normalized spacial score (nSPS) is 16.8. The van der Waals surface area contributed by atoms with E-state index in [4.69, 9.17) is 2.74 Å². The predicted molar refractivity (Wildman–Crippen MR) is 102 cm³/mol. The molecule has 1 aliphatic heterocycles. The van der Waals surface area contributed by atoms with E-state index in [9.17, 15) is 4.79 Å². The number of fused-ring (bicyclic) bond motifs is 1. The van der Waals surface area contributed by atoms with Crippen LogP contribution in [0, 0.1) is 6.92 Å². The smallest absolute Gasteiger partial charge is 0.152 e. The Morgan fingerprint density at radius 1 is 1.20 bits per heavy atom. The van der Waals surface area contributed by atoms with Crippen LogP contribution in [0.2, 0.25) is 0 Å². The molecule has 128 valence electrons. The fourth-order valence-corrected chi connectivity index (χ4v) is 3.91. The third-order valence-corrected chi connectivity index (χ3v) is 5.38. The van der Waals surface area contributed by atoms with Gasteiger partial charge in [-0.25, -0.2) is 4.98 Å². The molecule has 2 aromatic heterocycles. The van der Waals surface area contributed by atoms with Crippen LogP contribution < -0.4 is 0 Å². The average Bonchev–Trinajstić information content (AvgIpc) is 3.33. The maximum absolute atomic E-state index is 12.6. The highest BCUT2D eigenvalue weighted by molar-refractivity contribution is 7.15. The van der Waals surface area contributed by atoms with Gasteiger partial charge in [0.15, 0.2) is 5.78 Å². The van der Waals surface area contributed by atoms with Crippen LogP contribution in [-0.4, -0.2) is 40.2 Å². The van der Waals surface area contributed by atoms with Crippen molar-refractivity contribution in [2.45, 2.75) is 26.2 Å². The van der Waals surface area contributed by atoms with E-state index >= 15 is 0 Å². The summed E-state index contributed by atoms with van der Waals surface area (Å²) in [6.07, 6.45) is 5.52. The molecule has 25 heavy (non-hydrogen) atoms. The number of benzene rings is 1. The number of Topliss-reactive ketones (excluding diaryl/α,β-unsaturated/α-hetero) is 1. The molecule has 4 rings (SSSR count). The molecular weight excluding hydrogens is 330 g/mol. The Balaban J connectivity index is 1.59. The Hall–Kier alpha value is -2.11. The summed E-state index contributed by atoms with van der Waals surface area (Å²) < 4.78 is 16.4. The summed E-state index contributed by atoms with van der Waals surface area (Å²) in [7, 11) is 0. The highest BCUT2D eigenvalue weighted by Gasteiger charge is 2.15. The van der Waals surface area contributed by atoms with Crippen molar-refractivity contribution in [3.05, 3.63) is 47.4 Å². The van der Waals surface area contributed by atoms with E-state index in [1.165, 1.54) is 0 Å². The Morgan fingerprint density at radius 3 is 2.80 bits per heavy atom. The molecule has 0 amide bonds. The number of pyridine rings is 1. The molecule has 1 fully saturated rings. The standard InChI is InChI=1S/C20H21N3OS/c1-14-21-12-20(25-14)15-4-5-16-11-22-18(9-17(16)8-15)10-19(24)13-23-6-2-3-7-23/h4-5,8-9,11-12H,2-3,6-7,10,13H2,1H3/i13D2. The van der Waals surface area contributed by atoms with Crippen LogP contribution >= 0.6 is 11.3 Å². The van der Waals surface area contributed by atoms with Crippen molar-refractivity contribution < 1.29 is 7.54 Å². The summed E-state index contributed by atoms with van der Waals surface area (Å²) >= 11 is 1.65. The minimum Gasteiger partial charge on any atom is -0.298 e. The molecule has 0 aliphatic carbocycles.